The van der Waals surface area contributed by atoms with Crippen molar-refractivity contribution in [2.45, 2.75) is 32.6 Å². The van der Waals surface area contributed by atoms with Crippen molar-refractivity contribution in [3.05, 3.63) is 42.2 Å². The predicted molar refractivity (Wildman–Crippen MR) is 118 cm³/mol. The zero-order valence-electron chi connectivity index (χ0n) is 16.9. The van der Waals surface area contributed by atoms with E-state index in [9.17, 15) is 4.79 Å². The minimum atomic E-state index is -0.0156. The van der Waals surface area contributed by atoms with Crippen LogP contribution in [0.5, 0.6) is 0 Å². The monoisotopic (exact) mass is 421 g/mol. The number of aromatic nitrogens is 5. The van der Waals surface area contributed by atoms with Crippen molar-refractivity contribution in [2.75, 3.05) is 23.3 Å². The Morgan fingerprint density at radius 3 is 2.70 bits per heavy atom. The third-order valence-electron chi connectivity index (χ3n) is 5.50. The average Bonchev–Trinajstić information content (AvgIpc) is 3.36. The molecule has 0 atom stereocenters. The molecule has 1 amide bonds. The van der Waals surface area contributed by atoms with Crippen molar-refractivity contribution in [3.63, 3.8) is 0 Å². The fourth-order valence-corrected chi connectivity index (χ4v) is 4.70. The van der Waals surface area contributed by atoms with Crippen LogP contribution in [0.15, 0.2) is 36.4 Å². The Balaban J connectivity index is 1.25. The van der Waals surface area contributed by atoms with Gasteiger partial charge in [0.1, 0.15) is 5.82 Å². The minimum absolute atomic E-state index is 0.0156. The molecule has 0 saturated carbocycles. The lowest BCUT2D eigenvalue weighted by atomic mass is 9.96. The molecule has 3 aromatic heterocycles. The summed E-state index contributed by atoms with van der Waals surface area (Å²) in [6.45, 7) is 5.74. The van der Waals surface area contributed by atoms with Crippen molar-refractivity contribution in [3.8, 4) is 0 Å². The van der Waals surface area contributed by atoms with Crippen LogP contribution < -0.4 is 10.2 Å². The normalized spacial score (nSPS) is 15.4. The van der Waals surface area contributed by atoms with Crippen molar-refractivity contribution in [1.29, 1.82) is 0 Å². The van der Waals surface area contributed by atoms with E-state index in [1.54, 1.807) is 0 Å². The first-order valence-corrected chi connectivity index (χ1v) is 11.0. The molecular formula is C21H23N7OS. The number of benzene rings is 1. The van der Waals surface area contributed by atoms with E-state index in [0.29, 0.717) is 5.13 Å². The number of rotatable bonds is 4. The van der Waals surface area contributed by atoms with Gasteiger partial charge in [-0.15, -0.1) is 15.3 Å². The van der Waals surface area contributed by atoms with E-state index >= 15 is 0 Å². The van der Waals surface area contributed by atoms with Gasteiger partial charge in [0.2, 0.25) is 5.91 Å². The molecule has 8 nitrogen and oxygen atoms in total. The van der Waals surface area contributed by atoms with E-state index in [2.05, 4.69) is 39.2 Å². The first kappa shape index (κ1) is 18.9. The van der Waals surface area contributed by atoms with Crippen LogP contribution in [0.3, 0.4) is 0 Å². The Bertz CT molecular complexity index is 1170. The van der Waals surface area contributed by atoms with Gasteiger partial charge in [-0.25, -0.2) is 4.98 Å². The molecule has 1 N–H and O–H groups in total. The van der Waals surface area contributed by atoms with Gasteiger partial charge in [0.15, 0.2) is 16.6 Å². The molecule has 1 aliphatic rings. The fourth-order valence-electron chi connectivity index (χ4n) is 3.83. The van der Waals surface area contributed by atoms with Gasteiger partial charge in [-0.1, -0.05) is 37.3 Å². The second kappa shape index (κ2) is 7.64. The molecule has 0 spiro atoms. The first-order valence-electron chi connectivity index (χ1n) is 10.2. The van der Waals surface area contributed by atoms with Gasteiger partial charge in [-0.05, 0) is 37.1 Å². The highest BCUT2D eigenvalue weighted by molar-refractivity contribution is 7.22. The molecule has 1 aromatic carbocycles. The summed E-state index contributed by atoms with van der Waals surface area (Å²) in [5, 5.41) is 16.9. The third-order valence-corrected chi connectivity index (χ3v) is 6.45. The van der Waals surface area contributed by atoms with E-state index in [-0.39, 0.29) is 17.7 Å². The number of amides is 1. The summed E-state index contributed by atoms with van der Waals surface area (Å²) in [6, 6.07) is 11.9. The van der Waals surface area contributed by atoms with Crippen LogP contribution in [0.1, 0.15) is 38.4 Å². The summed E-state index contributed by atoms with van der Waals surface area (Å²) >= 11 is 1.51. The van der Waals surface area contributed by atoms with Crippen LogP contribution in [0.2, 0.25) is 0 Å². The number of nitrogens with zero attached hydrogens (tertiary/aromatic N) is 6. The SMILES string of the molecule is CC(C)c1nnc2ccc(N3CCC(C(=O)Nc4nc5ccccc5s4)CC3)nn12. The van der Waals surface area contributed by atoms with E-state index < -0.39 is 0 Å². The van der Waals surface area contributed by atoms with Gasteiger partial charge in [0, 0.05) is 24.9 Å². The molecule has 1 fully saturated rings. The highest BCUT2D eigenvalue weighted by atomic mass is 32.1. The molecule has 0 bridgehead atoms. The Morgan fingerprint density at radius 1 is 1.13 bits per heavy atom. The largest absolute Gasteiger partial charge is 0.355 e. The van der Waals surface area contributed by atoms with E-state index in [1.807, 2.05) is 40.9 Å². The summed E-state index contributed by atoms with van der Waals surface area (Å²) < 4.78 is 2.91. The predicted octanol–water partition coefficient (Wildman–Crippen LogP) is 3.71. The van der Waals surface area contributed by atoms with E-state index in [4.69, 9.17) is 5.10 Å². The van der Waals surface area contributed by atoms with Crippen molar-refractivity contribution in [2.24, 2.45) is 5.92 Å². The number of carbonyl (C=O) groups excluding carboxylic acids is 1. The van der Waals surface area contributed by atoms with Gasteiger partial charge < -0.3 is 10.2 Å². The van der Waals surface area contributed by atoms with E-state index in [1.165, 1.54) is 11.3 Å². The Morgan fingerprint density at radius 2 is 1.93 bits per heavy atom. The number of fused-ring (bicyclic) bond motifs is 2. The van der Waals surface area contributed by atoms with Gasteiger partial charge >= 0.3 is 0 Å². The molecular weight excluding hydrogens is 398 g/mol. The summed E-state index contributed by atoms with van der Waals surface area (Å²) in [5.74, 6) is 2.04. The maximum Gasteiger partial charge on any atom is 0.229 e. The first-order chi connectivity index (χ1) is 14.6. The second-order valence-electron chi connectivity index (χ2n) is 7.91. The van der Waals surface area contributed by atoms with Crippen LogP contribution in [0.4, 0.5) is 10.9 Å². The Hall–Kier alpha value is -3.07. The highest BCUT2D eigenvalue weighted by Gasteiger charge is 2.27. The number of thiazole rings is 1. The topological polar surface area (TPSA) is 88.3 Å². The summed E-state index contributed by atoms with van der Waals surface area (Å²) in [6.07, 6.45) is 1.57. The number of para-hydroxylation sites is 1. The molecule has 1 aliphatic heterocycles. The van der Waals surface area contributed by atoms with Crippen LogP contribution in [0.25, 0.3) is 15.9 Å². The number of hydrogen-bond acceptors (Lipinski definition) is 7. The molecule has 9 heteroatoms. The van der Waals surface area contributed by atoms with Crippen LogP contribution >= 0.6 is 11.3 Å². The molecule has 154 valence electrons. The van der Waals surface area contributed by atoms with Crippen LogP contribution in [0, 0.1) is 5.92 Å². The Labute approximate surface area is 177 Å². The zero-order chi connectivity index (χ0) is 20.7. The summed E-state index contributed by atoms with van der Waals surface area (Å²) in [4.78, 5) is 19.5. The Kier molecular flexibility index (Phi) is 4.82. The van der Waals surface area contributed by atoms with E-state index in [0.717, 1.165) is 53.4 Å². The quantitative estimate of drug-likeness (QED) is 0.540. The fraction of sp³-hybridized carbons (Fsp3) is 0.381. The molecule has 4 aromatic rings. The third kappa shape index (κ3) is 3.49. The molecule has 30 heavy (non-hydrogen) atoms. The molecule has 0 aliphatic carbocycles. The second-order valence-corrected chi connectivity index (χ2v) is 8.94. The molecule has 5 rings (SSSR count). The van der Waals surface area contributed by atoms with Gasteiger partial charge in [0.25, 0.3) is 0 Å². The molecule has 4 heterocycles. The standard InChI is InChI=1S/C21H23N7OS/c1-13(2)19-25-24-17-7-8-18(26-28(17)19)27-11-9-14(10-12-27)20(29)23-21-22-15-5-3-4-6-16(15)30-21/h3-8,13-14H,9-12H2,1-2H3,(H,22,23,29). The van der Waals surface area contributed by atoms with Gasteiger partial charge in [-0.2, -0.15) is 4.52 Å². The van der Waals surface area contributed by atoms with Crippen LogP contribution in [-0.4, -0.2) is 43.8 Å². The minimum Gasteiger partial charge on any atom is -0.355 e. The average molecular weight is 422 g/mol. The van der Waals surface area contributed by atoms with Gasteiger partial charge in [0.05, 0.1) is 10.2 Å². The maximum absolute atomic E-state index is 12.7. The maximum atomic E-state index is 12.7. The lowest BCUT2D eigenvalue weighted by molar-refractivity contribution is -0.120. The summed E-state index contributed by atoms with van der Waals surface area (Å²) in [7, 11) is 0. The highest BCUT2D eigenvalue weighted by Crippen LogP contribution is 2.28. The zero-order valence-corrected chi connectivity index (χ0v) is 17.8. The van der Waals surface area contributed by atoms with Crippen molar-refractivity contribution < 1.29 is 4.79 Å². The van der Waals surface area contributed by atoms with Gasteiger partial charge in [-0.3, -0.25) is 4.79 Å². The van der Waals surface area contributed by atoms with Crippen molar-refractivity contribution in [1.82, 2.24) is 24.8 Å². The lowest BCUT2D eigenvalue weighted by Crippen LogP contribution is -2.38. The molecule has 1 saturated heterocycles. The lowest BCUT2D eigenvalue weighted by Gasteiger charge is -2.31. The number of piperidine rings is 1. The number of carbonyl (C=O) groups is 1. The number of hydrogen-bond donors (Lipinski definition) is 1. The molecule has 0 unspecified atom stereocenters. The van der Waals surface area contributed by atoms with Crippen LogP contribution in [-0.2, 0) is 4.79 Å². The van der Waals surface area contributed by atoms with Crippen molar-refractivity contribution >= 4 is 44.1 Å². The number of nitrogens with one attached hydrogen (secondary N) is 1. The number of anilines is 2. The summed E-state index contributed by atoms with van der Waals surface area (Å²) in [5.41, 5.74) is 1.68. The smallest absolute Gasteiger partial charge is 0.229 e. The molecule has 0 radical (unpaired) electrons.